The lowest BCUT2D eigenvalue weighted by atomic mass is 10.0. The van der Waals surface area contributed by atoms with Crippen LogP contribution in [0.5, 0.6) is 0 Å². The summed E-state index contributed by atoms with van der Waals surface area (Å²) < 4.78 is 19.8. The second kappa shape index (κ2) is 5.06. The van der Waals surface area contributed by atoms with Gasteiger partial charge in [0.05, 0.1) is 11.7 Å². The lowest BCUT2D eigenvalue weighted by Gasteiger charge is -2.43. The molecule has 1 aliphatic heterocycles. The van der Waals surface area contributed by atoms with Gasteiger partial charge in [-0.3, -0.25) is 0 Å². The zero-order valence-electron chi connectivity index (χ0n) is 11.4. The number of benzene rings is 1. The van der Waals surface area contributed by atoms with E-state index in [1.807, 2.05) is 26.8 Å². The van der Waals surface area contributed by atoms with Gasteiger partial charge in [-0.2, -0.15) is 0 Å². The number of hydrogen-bond donors (Lipinski definition) is 1. The van der Waals surface area contributed by atoms with Crippen LogP contribution in [-0.4, -0.2) is 29.8 Å². The van der Waals surface area contributed by atoms with Crippen LogP contribution in [0.25, 0.3) is 0 Å². The van der Waals surface area contributed by atoms with Gasteiger partial charge in [-0.15, -0.1) is 0 Å². The van der Waals surface area contributed by atoms with Crippen LogP contribution < -0.4 is 10.6 Å². The highest BCUT2D eigenvalue weighted by Crippen LogP contribution is 2.27. The molecule has 1 aliphatic rings. The topological polar surface area (TPSA) is 38.5 Å². The lowest BCUT2D eigenvalue weighted by molar-refractivity contribution is -0.0749. The van der Waals surface area contributed by atoms with Crippen molar-refractivity contribution < 1.29 is 9.13 Å². The second-order valence-corrected chi connectivity index (χ2v) is 6.04. The summed E-state index contributed by atoms with van der Waals surface area (Å²) in [5.74, 6) is -0.373. The second-order valence-electron chi connectivity index (χ2n) is 5.60. The van der Waals surface area contributed by atoms with E-state index >= 15 is 0 Å². The number of nitrogens with two attached hydrogens (primary N) is 1. The lowest BCUT2D eigenvalue weighted by Crippen LogP contribution is -2.52. The van der Waals surface area contributed by atoms with Gasteiger partial charge >= 0.3 is 0 Å². The van der Waals surface area contributed by atoms with Crippen molar-refractivity contribution in [3.63, 3.8) is 0 Å². The Morgan fingerprint density at radius 3 is 2.74 bits per heavy atom. The molecule has 1 aromatic rings. The molecule has 104 valence electrons. The molecule has 1 unspecified atom stereocenters. The molecule has 3 nitrogen and oxygen atoms in total. The Bertz CT molecular complexity index is 504. The van der Waals surface area contributed by atoms with Crippen molar-refractivity contribution >= 4 is 22.9 Å². The van der Waals surface area contributed by atoms with Gasteiger partial charge in [0.15, 0.2) is 0 Å². The van der Waals surface area contributed by atoms with Gasteiger partial charge in [0.2, 0.25) is 0 Å². The minimum atomic E-state index is -0.373. The summed E-state index contributed by atoms with van der Waals surface area (Å²) in [6.07, 6.45) is 0.113. The number of halogens is 1. The monoisotopic (exact) mass is 282 g/mol. The molecule has 0 aromatic heterocycles. The molecule has 0 aliphatic carbocycles. The van der Waals surface area contributed by atoms with Crippen molar-refractivity contribution in [1.29, 1.82) is 0 Å². The maximum atomic E-state index is 13.9. The molecule has 1 saturated heterocycles. The van der Waals surface area contributed by atoms with Gasteiger partial charge in [-0.05, 0) is 39.0 Å². The van der Waals surface area contributed by atoms with Gasteiger partial charge in [0.25, 0.3) is 0 Å². The molecule has 1 heterocycles. The molecule has 2 rings (SSSR count). The Kier molecular flexibility index (Phi) is 3.78. The molecule has 5 heteroatoms. The highest BCUT2D eigenvalue weighted by molar-refractivity contribution is 7.80. The minimum Gasteiger partial charge on any atom is -0.389 e. The maximum Gasteiger partial charge on any atom is 0.135 e. The van der Waals surface area contributed by atoms with E-state index < -0.39 is 0 Å². The van der Waals surface area contributed by atoms with Gasteiger partial charge in [-0.25, -0.2) is 4.39 Å². The fourth-order valence-corrected chi connectivity index (χ4v) is 2.72. The minimum absolute atomic E-state index is 0.0831. The number of ether oxygens (including phenoxy) is 1. The van der Waals surface area contributed by atoms with Crippen LogP contribution in [0.3, 0.4) is 0 Å². The highest BCUT2D eigenvalue weighted by atomic mass is 32.1. The molecule has 1 aromatic carbocycles. The standard InChI is InChI=1S/C14H19FN2OS/c1-9-7-17(8-14(2,3)18-9)10-4-5-11(13(16)19)12(15)6-10/h4-6,9H,7-8H2,1-3H3,(H2,16,19). The smallest absolute Gasteiger partial charge is 0.135 e. The quantitative estimate of drug-likeness (QED) is 0.846. The summed E-state index contributed by atoms with van der Waals surface area (Å²) >= 11 is 4.81. The van der Waals surface area contributed by atoms with Crippen LogP contribution in [0.2, 0.25) is 0 Å². The van der Waals surface area contributed by atoms with Crippen molar-refractivity contribution in [2.24, 2.45) is 5.73 Å². The van der Waals surface area contributed by atoms with Crippen molar-refractivity contribution in [2.75, 3.05) is 18.0 Å². The van der Waals surface area contributed by atoms with Gasteiger partial charge in [0.1, 0.15) is 10.8 Å². The maximum absolute atomic E-state index is 13.9. The number of rotatable bonds is 2. The Morgan fingerprint density at radius 1 is 1.53 bits per heavy atom. The van der Waals surface area contributed by atoms with E-state index in [9.17, 15) is 4.39 Å². The van der Waals surface area contributed by atoms with Crippen LogP contribution in [0, 0.1) is 5.82 Å². The fraction of sp³-hybridized carbons (Fsp3) is 0.500. The Hall–Kier alpha value is -1.20. The Balaban J connectivity index is 2.27. The van der Waals surface area contributed by atoms with E-state index in [0.29, 0.717) is 5.56 Å². The van der Waals surface area contributed by atoms with Crippen LogP contribution in [0.15, 0.2) is 18.2 Å². The summed E-state index contributed by atoms with van der Waals surface area (Å²) in [4.78, 5) is 2.21. The normalized spacial score (nSPS) is 22.3. The van der Waals surface area contributed by atoms with Crippen LogP contribution >= 0.6 is 12.2 Å². The third-order valence-electron chi connectivity index (χ3n) is 3.15. The number of nitrogens with zero attached hydrogens (tertiary/aromatic N) is 1. The van der Waals surface area contributed by atoms with E-state index in [0.717, 1.165) is 18.8 Å². The molecular weight excluding hydrogens is 263 g/mol. The predicted octanol–water partition coefficient (Wildman–Crippen LogP) is 2.46. The van der Waals surface area contributed by atoms with E-state index in [2.05, 4.69) is 4.90 Å². The van der Waals surface area contributed by atoms with Crippen molar-refractivity contribution in [1.82, 2.24) is 0 Å². The summed E-state index contributed by atoms with van der Waals surface area (Å²) in [6, 6.07) is 4.98. The van der Waals surface area contributed by atoms with Gasteiger partial charge in [0, 0.05) is 24.3 Å². The predicted molar refractivity (Wildman–Crippen MR) is 79.1 cm³/mol. The van der Waals surface area contributed by atoms with Crippen LogP contribution in [0.1, 0.15) is 26.3 Å². The summed E-state index contributed by atoms with van der Waals surface area (Å²) in [5.41, 5.74) is 6.35. The van der Waals surface area contributed by atoms with E-state index in [1.54, 1.807) is 6.07 Å². The first-order valence-corrected chi connectivity index (χ1v) is 6.71. The number of thiocarbonyl (C=S) groups is 1. The first-order valence-electron chi connectivity index (χ1n) is 6.30. The third kappa shape index (κ3) is 3.22. The molecule has 1 atom stereocenters. The molecule has 0 radical (unpaired) electrons. The molecule has 0 amide bonds. The molecule has 2 N–H and O–H groups in total. The molecule has 19 heavy (non-hydrogen) atoms. The van der Waals surface area contributed by atoms with E-state index in [-0.39, 0.29) is 22.5 Å². The van der Waals surface area contributed by atoms with Gasteiger partial charge in [-0.1, -0.05) is 12.2 Å². The molecule has 0 spiro atoms. The molecule has 1 fully saturated rings. The van der Waals surface area contributed by atoms with Gasteiger partial charge < -0.3 is 15.4 Å². The first-order chi connectivity index (χ1) is 8.78. The SMILES string of the molecule is CC1CN(c2ccc(C(N)=S)c(F)c2)CC(C)(C)O1. The molecule has 0 bridgehead atoms. The average molecular weight is 282 g/mol. The van der Waals surface area contributed by atoms with E-state index in [1.165, 1.54) is 6.07 Å². The van der Waals surface area contributed by atoms with Crippen molar-refractivity contribution in [2.45, 2.75) is 32.5 Å². The number of anilines is 1. The Labute approximate surface area is 118 Å². The summed E-state index contributed by atoms with van der Waals surface area (Å²) in [7, 11) is 0. The zero-order chi connectivity index (χ0) is 14.2. The molecular formula is C14H19FN2OS. The van der Waals surface area contributed by atoms with Crippen molar-refractivity contribution in [3.8, 4) is 0 Å². The first kappa shape index (κ1) is 14.2. The summed E-state index contributed by atoms with van der Waals surface area (Å²) in [6.45, 7) is 7.57. The fourth-order valence-electron chi connectivity index (χ4n) is 2.55. The highest BCUT2D eigenvalue weighted by Gasteiger charge is 2.31. The largest absolute Gasteiger partial charge is 0.389 e. The zero-order valence-corrected chi connectivity index (χ0v) is 12.3. The third-order valence-corrected chi connectivity index (χ3v) is 3.37. The molecule has 0 saturated carbocycles. The Morgan fingerprint density at radius 2 is 2.21 bits per heavy atom. The van der Waals surface area contributed by atoms with E-state index in [4.69, 9.17) is 22.7 Å². The number of hydrogen-bond acceptors (Lipinski definition) is 3. The average Bonchev–Trinajstić information content (AvgIpc) is 2.25. The van der Waals surface area contributed by atoms with Crippen LogP contribution in [0.4, 0.5) is 10.1 Å². The van der Waals surface area contributed by atoms with Crippen LogP contribution in [-0.2, 0) is 4.74 Å². The number of morpholine rings is 1. The van der Waals surface area contributed by atoms with Crippen molar-refractivity contribution in [3.05, 3.63) is 29.6 Å². The summed E-state index contributed by atoms with van der Waals surface area (Å²) in [5, 5.41) is 0.